The molecule has 7 nitrogen and oxygen atoms in total. The van der Waals surface area contributed by atoms with Gasteiger partial charge in [0.25, 0.3) is 15.9 Å². The molecule has 2 amide bonds. The second-order valence-corrected chi connectivity index (χ2v) is 8.03. The summed E-state index contributed by atoms with van der Waals surface area (Å²) in [5, 5.41) is 5.31. The summed E-state index contributed by atoms with van der Waals surface area (Å²) in [7, 11) is -3.88. The van der Waals surface area contributed by atoms with Crippen molar-refractivity contribution in [2.45, 2.75) is 11.8 Å². The molecule has 0 bridgehead atoms. The number of anilines is 3. The van der Waals surface area contributed by atoms with Gasteiger partial charge >= 0.3 is 0 Å². The summed E-state index contributed by atoms with van der Waals surface area (Å²) >= 11 is 0. The van der Waals surface area contributed by atoms with E-state index in [2.05, 4.69) is 15.4 Å². The first-order valence-corrected chi connectivity index (χ1v) is 10.3. The van der Waals surface area contributed by atoms with Gasteiger partial charge in [0.15, 0.2) is 0 Å². The predicted octanol–water partition coefficient (Wildman–Crippen LogP) is 3.84. The van der Waals surface area contributed by atoms with Gasteiger partial charge in [0, 0.05) is 29.5 Å². The van der Waals surface area contributed by atoms with E-state index in [0.717, 1.165) is 12.1 Å². The van der Waals surface area contributed by atoms with Crippen molar-refractivity contribution in [2.24, 2.45) is 0 Å². The van der Waals surface area contributed by atoms with Crippen LogP contribution in [0.5, 0.6) is 0 Å². The van der Waals surface area contributed by atoms with E-state index in [1.807, 2.05) is 0 Å². The number of carbonyl (C=O) groups is 2. The standard InChI is InChI=1S/C21H18FN3O4S/c1-14(26)23-17-8-10-18(11-9-17)24-21(27)15-2-12-20(13-3-15)30(28,29)25-19-6-4-16(22)5-7-19/h2-13,25H,1H3,(H,23,26)(H,24,27). The molecular formula is C21H18FN3O4S. The van der Waals surface area contributed by atoms with Crippen molar-refractivity contribution >= 4 is 38.9 Å². The molecule has 0 fully saturated rings. The van der Waals surface area contributed by atoms with Crippen LogP contribution in [0.1, 0.15) is 17.3 Å². The number of amides is 2. The highest BCUT2D eigenvalue weighted by molar-refractivity contribution is 7.92. The summed E-state index contributed by atoms with van der Waals surface area (Å²) in [6.45, 7) is 1.40. The average molecular weight is 427 g/mol. The van der Waals surface area contributed by atoms with E-state index >= 15 is 0 Å². The molecule has 3 rings (SSSR count). The second-order valence-electron chi connectivity index (χ2n) is 6.35. The topological polar surface area (TPSA) is 104 Å². The van der Waals surface area contributed by atoms with Crippen molar-refractivity contribution in [2.75, 3.05) is 15.4 Å². The lowest BCUT2D eigenvalue weighted by Crippen LogP contribution is -2.15. The van der Waals surface area contributed by atoms with E-state index in [1.54, 1.807) is 24.3 Å². The van der Waals surface area contributed by atoms with Gasteiger partial charge in [-0.25, -0.2) is 12.8 Å². The maximum absolute atomic E-state index is 13.0. The van der Waals surface area contributed by atoms with E-state index in [4.69, 9.17) is 0 Å². The van der Waals surface area contributed by atoms with E-state index in [0.29, 0.717) is 11.4 Å². The number of carbonyl (C=O) groups excluding carboxylic acids is 2. The largest absolute Gasteiger partial charge is 0.326 e. The molecule has 0 spiro atoms. The van der Waals surface area contributed by atoms with Crippen LogP contribution in [0.25, 0.3) is 0 Å². The highest BCUT2D eigenvalue weighted by atomic mass is 32.2. The van der Waals surface area contributed by atoms with E-state index < -0.39 is 21.7 Å². The Morgan fingerprint density at radius 2 is 1.23 bits per heavy atom. The Balaban J connectivity index is 1.67. The van der Waals surface area contributed by atoms with E-state index in [-0.39, 0.29) is 22.1 Å². The van der Waals surface area contributed by atoms with Gasteiger partial charge in [0.1, 0.15) is 5.82 Å². The Hall–Kier alpha value is -3.72. The average Bonchev–Trinajstić information content (AvgIpc) is 2.71. The molecule has 0 atom stereocenters. The molecule has 154 valence electrons. The van der Waals surface area contributed by atoms with Crippen molar-refractivity contribution in [3.05, 3.63) is 84.2 Å². The molecule has 3 aromatic rings. The zero-order valence-electron chi connectivity index (χ0n) is 15.8. The van der Waals surface area contributed by atoms with Crippen LogP contribution in [-0.2, 0) is 14.8 Å². The van der Waals surface area contributed by atoms with Gasteiger partial charge in [-0.1, -0.05) is 0 Å². The fourth-order valence-corrected chi connectivity index (χ4v) is 3.62. The van der Waals surface area contributed by atoms with Gasteiger partial charge in [-0.2, -0.15) is 0 Å². The van der Waals surface area contributed by atoms with Crippen LogP contribution in [0.4, 0.5) is 21.5 Å². The van der Waals surface area contributed by atoms with Gasteiger partial charge in [-0.05, 0) is 72.8 Å². The lowest BCUT2D eigenvalue weighted by Gasteiger charge is -2.10. The highest BCUT2D eigenvalue weighted by Crippen LogP contribution is 2.18. The lowest BCUT2D eigenvalue weighted by molar-refractivity contribution is -0.114. The zero-order valence-corrected chi connectivity index (χ0v) is 16.7. The molecule has 30 heavy (non-hydrogen) atoms. The fourth-order valence-electron chi connectivity index (χ4n) is 2.56. The first-order chi connectivity index (χ1) is 14.2. The number of benzene rings is 3. The van der Waals surface area contributed by atoms with E-state index in [1.165, 1.54) is 43.3 Å². The molecule has 9 heteroatoms. The van der Waals surface area contributed by atoms with Crippen LogP contribution in [-0.4, -0.2) is 20.2 Å². The van der Waals surface area contributed by atoms with Gasteiger partial charge < -0.3 is 10.6 Å². The summed E-state index contributed by atoms with van der Waals surface area (Å²) in [4.78, 5) is 23.4. The number of halogens is 1. The minimum atomic E-state index is -3.88. The van der Waals surface area contributed by atoms with Crippen molar-refractivity contribution in [3.63, 3.8) is 0 Å². The SMILES string of the molecule is CC(=O)Nc1ccc(NC(=O)c2ccc(S(=O)(=O)Nc3ccc(F)cc3)cc2)cc1. The van der Waals surface area contributed by atoms with Crippen LogP contribution in [0, 0.1) is 5.82 Å². The molecule has 0 aromatic heterocycles. The molecule has 0 heterocycles. The number of sulfonamides is 1. The Kier molecular flexibility index (Phi) is 6.12. The third-order valence-electron chi connectivity index (χ3n) is 3.99. The third kappa shape index (κ3) is 5.42. The first kappa shape index (κ1) is 21.0. The molecule has 0 aliphatic carbocycles. The van der Waals surface area contributed by atoms with Crippen molar-refractivity contribution in [1.82, 2.24) is 0 Å². The molecule has 0 saturated carbocycles. The summed E-state index contributed by atoms with van der Waals surface area (Å²) < 4.78 is 40.2. The minimum absolute atomic E-state index is 0.0389. The number of rotatable bonds is 6. The maximum atomic E-state index is 13.0. The van der Waals surface area contributed by atoms with Crippen LogP contribution < -0.4 is 15.4 Å². The van der Waals surface area contributed by atoms with E-state index in [9.17, 15) is 22.4 Å². The molecule has 3 N–H and O–H groups in total. The summed E-state index contributed by atoms with van der Waals surface area (Å²) in [5.41, 5.74) is 1.61. The number of hydrogen-bond donors (Lipinski definition) is 3. The Bertz CT molecular complexity index is 1160. The van der Waals surface area contributed by atoms with Crippen LogP contribution in [0.15, 0.2) is 77.7 Å². The van der Waals surface area contributed by atoms with Crippen molar-refractivity contribution in [3.8, 4) is 0 Å². The first-order valence-electron chi connectivity index (χ1n) is 8.80. The molecule has 0 radical (unpaired) electrons. The van der Waals surface area contributed by atoms with Gasteiger partial charge in [-0.3, -0.25) is 14.3 Å². The third-order valence-corrected chi connectivity index (χ3v) is 5.38. The van der Waals surface area contributed by atoms with Crippen LogP contribution in [0.2, 0.25) is 0 Å². The molecule has 0 aliphatic rings. The Morgan fingerprint density at radius 1 is 0.733 bits per heavy atom. The van der Waals surface area contributed by atoms with Crippen molar-refractivity contribution < 1.29 is 22.4 Å². The molecule has 0 saturated heterocycles. The normalized spacial score (nSPS) is 10.9. The predicted molar refractivity (Wildman–Crippen MR) is 112 cm³/mol. The minimum Gasteiger partial charge on any atom is -0.326 e. The monoisotopic (exact) mass is 427 g/mol. The molecule has 0 aliphatic heterocycles. The number of hydrogen-bond acceptors (Lipinski definition) is 4. The smallest absolute Gasteiger partial charge is 0.261 e. The zero-order chi connectivity index (χ0) is 21.7. The Morgan fingerprint density at radius 3 is 1.77 bits per heavy atom. The molecule has 0 unspecified atom stereocenters. The summed E-state index contributed by atoms with van der Waals surface area (Å²) in [6, 6.07) is 16.9. The van der Waals surface area contributed by atoms with Gasteiger partial charge in [0.05, 0.1) is 4.90 Å². The van der Waals surface area contributed by atoms with Crippen LogP contribution >= 0.6 is 0 Å². The molecule has 3 aromatic carbocycles. The van der Waals surface area contributed by atoms with Gasteiger partial charge in [-0.15, -0.1) is 0 Å². The quantitative estimate of drug-likeness (QED) is 0.556. The Labute approximate surface area is 173 Å². The highest BCUT2D eigenvalue weighted by Gasteiger charge is 2.15. The second kappa shape index (κ2) is 8.75. The summed E-state index contributed by atoms with van der Waals surface area (Å²) in [5.74, 6) is -1.09. The lowest BCUT2D eigenvalue weighted by atomic mass is 10.2. The van der Waals surface area contributed by atoms with Crippen LogP contribution in [0.3, 0.4) is 0 Å². The van der Waals surface area contributed by atoms with Crippen molar-refractivity contribution in [1.29, 1.82) is 0 Å². The number of nitrogens with one attached hydrogen (secondary N) is 3. The molecular weight excluding hydrogens is 409 g/mol. The maximum Gasteiger partial charge on any atom is 0.261 e. The van der Waals surface area contributed by atoms with Gasteiger partial charge in [0.2, 0.25) is 5.91 Å². The summed E-state index contributed by atoms with van der Waals surface area (Å²) in [6.07, 6.45) is 0. The fraction of sp³-hybridized carbons (Fsp3) is 0.0476.